The van der Waals surface area contributed by atoms with Gasteiger partial charge in [0, 0.05) is 23.0 Å². The molecule has 6 nitrogen and oxygen atoms in total. The highest BCUT2D eigenvalue weighted by Gasteiger charge is 2.70. The van der Waals surface area contributed by atoms with Crippen molar-refractivity contribution in [3.8, 4) is 0 Å². The summed E-state index contributed by atoms with van der Waals surface area (Å²) in [6.07, 6.45) is 2.86. The van der Waals surface area contributed by atoms with Crippen LogP contribution in [0.25, 0.3) is 0 Å². The van der Waals surface area contributed by atoms with Crippen LogP contribution in [0.1, 0.15) is 39.5 Å². The summed E-state index contributed by atoms with van der Waals surface area (Å²) in [6.45, 7) is 3.42. The summed E-state index contributed by atoms with van der Waals surface area (Å²) in [7, 11) is 2.55. The molecule has 5 atom stereocenters. The van der Waals surface area contributed by atoms with Crippen LogP contribution >= 0.6 is 0 Å². The Kier molecular flexibility index (Phi) is 4.33. The largest absolute Gasteiger partial charge is 0.468 e. The molecule has 3 aliphatic rings. The van der Waals surface area contributed by atoms with E-state index in [1.807, 2.05) is 0 Å². The number of carbonyl (C=O) groups is 4. The molecule has 0 heterocycles. The van der Waals surface area contributed by atoms with E-state index in [0.29, 0.717) is 24.0 Å². The highest BCUT2D eigenvalue weighted by Crippen LogP contribution is 2.64. The highest BCUT2D eigenvalue weighted by atomic mass is 16.5. The van der Waals surface area contributed by atoms with E-state index in [2.05, 4.69) is 0 Å². The highest BCUT2D eigenvalue weighted by molar-refractivity contribution is 6.16. The standard InChI is InChI=1S/C19H24O6/c1-9-13(17(22)24-3)11-7-5-6-8-12-15(20)14(18(23)25-4)10(2)19(11,12)16(9)21/h10-12,14H,5-8H2,1-4H3/t10-,11-,12+,14-,19+/m1/s1. The van der Waals surface area contributed by atoms with Crippen LogP contribution < -0.4 is 0 Å². The molecule has 0 aromatic rings. The molecule has 2 fully saturated rings. The first kappa shape index (κ1) is 17.8. The van der Waals surface area contributed by atoms with Crippen molar-refractivity contribution >= 4 is 23.5 Å². The summed E-state index contributed by atoms with van der Waals surface area (Å²) < 4.78 is 9.76. The van der Waals surface area contributed by atoms with Gasteiger partial charge in [0.1, 0.15) is 5.92 Å². The van der Waals surface area contributed by atoms with E-state index in [1.54, 1.807) is 13.8 Å². The van der Waals surface area contributed by atoms with Crippen LogP contribution in [0.3, 0.4) is 0 Å². The third-order valence-electron chi connectivity index (χ3n) is 6.64. The van der Waals surface area contributed by atoms with E-state index in [9.17, 15) is 19.2 Å². The van der Waals surface area contributed by atoms with Gasteiger partial charge >= 0.3 is 11.9 Å². The van der Waals surface area contributed by atoms with Crippen molar-refractivity contribution in [2.24, 2.45) is 29.1 Å². The van der Waals surface area contributed by atoms with E-state index in [1.165, 1.54) is 14.2 Å². The number of carbonyl (C=O) groups excluding carboxylic acids is 4. The topological polar surface area (TPSA) is 86.7 Å². The first-order chi connectivity index (χ1) is 11.8. The number of ketones is 2. The van der Waals surface area contributed by atoms with E-state index in [-0.39, 0.29) is 17.5 Å². The monoisotopic (exact) mass is 348 g/mol. The van der Waals surface area contributed by atoms with Gasteiger partial charge in [-0.2, -0.15) is 0 Å². The molecule has 0 aliphatic heterocycles. The number of rotatable bonds is 2. The second-order valence-electron chi connectivity index (χ2n) is 7.37. The minimum absolute atomic E-state index is 0.169. The van der Waals surface area contributed by atoms with Gasteiger partial charge in [-0.25, -0.2) is 4.79 Å². The maximum atomic E-state index is 13.4. The maximum Gasteiger partial charge on any atom is 0.334 e. The second kappa shape index (κ2) is 6.07. The fraction of sp³-hybridized carbons (Fsp3) is 0.684. The smallest absolute Gasteiger partial charge is 0.334 e. The van der Waals surface area contributed by atoms with Crippen molar-refractivity contribution in [2.45, 2.75) is 39.5 Å². The summed E-state index contributed by atoms with van der Waals surface area (Å²) in [6, 6.07) is 0. The first-order valence-corrected chi connectivity index (χ1v) is 8.79. The Hall–Kier alpha value is -1.98. The molecule has 2 saturated carbocycles. The summed E-state index contributed by atoms with van der Waals surface area (Å²) in [4.78, 5) is 51.0. The zero-order valence-corrected chi connectivity index (χ0v) is 15.1. The molecule has 0 radical (unpaired) electrons. The number of methoxy groups -OCH3 is 2. The van der Waals surface area contributed by atoms with Crippen molar-refractivity contribution in [1.29, 1.82) is 0 Å². The van der Waals surface area contributed by atoms with Gasteiger partial charge < -0.3 is 9.47 Å². The number of esters is 2. The van der Waals surface area contributed by atoms with Gasteiger partial charge in [0.05, 0.1) is 19.6 Å². The Balaban J connectivity index is 2.19. The lowest BCUT2D eigenvalue weighted by atomic mass is 9.62. The van der Waals surface area contributed by atoms with E-state index < -0.39 is 35.1 Å². The molecule has 136 valence electrons. The molecular formula is C19H24O6. The summed E-state index contributed by atoms with van der Waals surface area (Å²) in [5.41, 5.74) is -0.237. The predicted molar refractivity (Wildman–Crippen MR) is 87.3 cm³/mol. The Morgan fingerprint density at radius 2 is 1.64 bits per heavy atom. The van der Waals surface area contributed by atoms with Crippen LogP contribution in [0, 0.1) is 29.1 Å². The summed E-state index contributed by atoms with van der Waals surface area (Å²) in [5, 5.41) is 0. The minimum atomic E-state index is -1.01. The quantitative estimate of drug-likeness (QED) is 0.559. The number of Topliss-reactive ketones (excluding diaryl/α,β-unsaturated/α-hetero) is 2. The average molecular weight is 348 g/mol. The Morgan fingerprint density at radius 1 is 1.04 bits per heavy atom. The molecule has 0 aromatic carbocycles. The van der Waals surface area contributed by atoms with Crippen LogP contribution in [-0.4, -0.2) is 37.7 Å². The Labute approximate surface area is 146 Å². The zero-order valence-electron chi connectivity index (χ0n) is 15.1. The maximum absolute atomic E-state index is 13.4. The van der Waals surface area contributed by atoms with Crippen LogP contribution in [0.4, 0.5) is 0 Å². The molecule has 0 amide bonds. The Morgan fingerprint density at radius 3 is 2.20 bits per heavy atom. The number of allylic oxidation sites excluding steroid dienone is 1. The third kappa shape index (κ3) is 2.09. The number of hydrogen-bond donors (Lipinski definition) is 0. The first-order valence-electron chi connectivity index (χ1n) is 8.79. The van der Waals surface area contributed by atoms with Crippen molar-refractivity contribution in [3.63, 3.8) is 0 Å². The summed E-state index contributed by atoms with van der Waals surface area (Å²) >= 11 is 0. The van der Waals surface area contributed by atoms with Gasteiger partial charge in [0.2, 0.25) is 0 Å². The lowest BCUT2D eigenvalue weighted by molar-refractivity contribution is -0.150. The van der Waals surface area contributed by atoms with E-state index in [0.717, 1.165) is 12.8 Å². The van der Waals surface area contributed by atoms with E-state index >= 15 is 0 Å². The van der Waals surface area contributed by atoms with Gasteiger partial charge in [0.25, 0.3) is 0 Å². The van der Waals surface area contributed by atoms with Crippen molar-refractivity contribution < 1.29 is 28.7 Å². The van der Waals surface area contributed by atoms with Crippen molar-refractivity contribution in [3.05, 3.63) is 11.1 Å². The second-order valence-corrected chi connectivity index (χ2v) is 7.37. The van der Waals surface area contributed by atoms with Crippen molar-refractivity contribution in [2.75, 3.05) is 14.2 Å². The summed E-state index contributed by atoms with van der Waals surface area (Å²) in [5.74, 6) is -3.81. The average Bonchev–Trinajstić information content (AvgIpc) is 2.85. The minimum Gasteiger partial charge on any atom is -0.468 e. The van der Waals surface area contributed by atoms with Gasteiger partial charge in [-0.15, -0.1) is 0 Å². The normalized spacial score (nSPS) is 37.4. The van der Waals surface area contributed by atoms with Gasteiger partial charge in [0.15, 0.2) is 11.6 Å². The molecule has 0 saturated heterocycles. The fourth-order valence-corrected chi connectivity index (χ4v) is 5.64. The molecular weight excluding hydrogens is 324 g/mol. The molecule has 1 spiro atoms. The molecule has 6 heteroatoms. The van der Waals surface area contributed by atoms with E-state index in [4.69, 9.17) is 9.47 Å². The molecule has 3 rings (SSSR count). The van der Waals surface area contributed by atoms with Gasteiger partial charge in [-0.3, -0.25) is 14.4 Å². The number of ether oxygens (including phenoxy) is 2. The molecule has 3 aliphatic carbocycles. The molecule has 0 N–H and O–H groups in total. The fourth-order valence-electron chi connectivity index (χ4n) is 5.64. The lowest BCUT2D eigenvalue weighted by Crippen LogP contribution is -2.44. The third-order valence-corrected chi connectivity index (χ3v) is 6.64. The lowest BCUT2D eigenvalue weighted by Gasteiger charge is -2.38. The van der Waals surface area contributed by atoms with Crippen LogP contribution in [0.2, 0.25) is 0 Å². The SMILES string of the molecule is COC(=O)C1=C(C)C(=O)[C@@]23[C@@H]1CCCC[C@H]2C(=O)[C@H](C(=O)OC)[C@H]3C. The Bertz CT molecular complexity index is 690. The van der Waals surface area contributed by atoms with Crippen molar-refractivity contribution in [1.82, 2.24) is 0 Å². The van der Waals surface area contributed by atoms with Crippen LogP contribution in [-0.2, 0) is 28.7 Å². The molecule has 25 heavy (non-hydrogen) atoms. The number of hydrogen-bond acceptors (Lipinski definition) is 6. The van der Waals surface area contributed by atoms with Gasteiger partial charge in [-0.05, 0) is 25.7 Å². The van der Waals surface area contributed by atoms with Crippen LogP contribution in [0.5, 0.6) is 0 Å². The molecule has 0 bridgehead atoms. The zero-order chi connectivity index (χ0) is 18.5. The van der Waals surface area contributed by atoms with Crippen LogP contribution in [0.15, 0.2) is 11.1 Å². The molecule has 0 aromatic heterocycles. The molecule has 0 unspecified atom stereocenters. The predicted octanol–water partition coefficient (Wildman–Crippen LogP) is 1.86. The van der Waals surface area contributed by atoms with Gasteiger partial charge in [-0.1, -0.05) is 19.8 Å².